The number of hydrogen-bond donors (Lipinski definition) is 4. The second-order valence-corrected chi connectivity index (χ2v) is 4.54. The fraction of sp³-hybridized carbons (Fsp3) is 0.600. The molecule has 134 valence electrons. The van der Waals surface area contributed by atoms with Crippen molar-refractivity contribution in [1.29, 1.82) is 0 Å². The number of ether oxygens (including phenoxy) is 2. The van der Waals surface area contributed by atoms with Crippen molar-refractivity contribution in [3.8, 4) is 0 Å². The molecular formula is C15H26O8. The molecule has 0 radical (unpaired) electrons. The Bertz CT molecular complexity index is 366. The lowest BCUT2D eigenvalue weighted by atomic mass is 10.3. The highest BCUT2D eigenvalue weighted by Gasteiger charge is 2.05. The molecule has 0 amide bonds. The van der Waals surface area contributed by atoms with Gasteiger partial charge in [-0.25, -0.2) is 9.59 Å². The molecule has 23 heavy (non-hydrogen) atoms. The van der Waals surface area contributed by atoms with Gasteiger partial charge in [-0.1, -0.05) is 13.2 Å². The summed E-state index contributed by atoms with van der Waals surface area (Å²) >= 11 is 0. The lowest BCUT2D eigenvalue weighted by molar-refractivity contribution is -0.140. The Morgan fingerprint density at radius 2 is 1.48 bits per heavy atom. The van der Waals surface area contributed by atoms with Gasteiger partial charge in [0.2, 0.25) is 0 Å². The highest BCUT2D eigenvalue weighted by atomic mass is 16.5. The zero-order valence-corrected chi connectivity index (χ0v) is 13.3. The third kappa shape index (κ3) is 16.5. The first kappa shape index (κ1) is 23.5. The van der Waals surface area contributed by atoms with Gasteiger partial charge in [-0.2, -0.15) is 0 Å². The normalized spacial score (nSPS) is 12.2. The van der Waals surface area contributed by atoms with Crippen LogP contribution in [0.4, 0.5) is 0 Å². The van der Waals surface area contributed by atoms with Gasteiger partial charge in [0.1, 0.15) is 0 Å². The number of aliphatic hydroxyl groups is 4. The molecule has 0 saturated heterocycles. The molecule has 0 aromatic rings. The molecule has 2 unspecified atom stereocenters. The van der Waals surface area contributed by atoms with Crippen molar-refractivity contribution in [3.05, 3.63) is 24.8 Å². The smallest absolute Gasteiger partial charge is 0.333 e. The van der Waals surface area contributed by atoms with Crippen LogP contribution in [0.25, 0.3) is 0 Å². The summed E-state index contributed by atoms with van der Waals surface area (Å²) in [7, 11) is 0. The predicted molar refractivity (Wildman–Crippen MR) is 82.3 cm³/mol. The largest absolute Gasteiger partial charge is 0.462 e. The first-order valence-electron chi connectivity index (χ1n) is 6.98. The number of hydrogen-bond acceptors (Lipinski definition) is 8. The summed E-state index contributed by atoms with van der Waals surface area (Å²) in [4.78, 5) is 21.1. The van der Waals surface area contributed by atoms with Gasteiger partial charge < -0.3 is 29.9 Å². The highest BCUT2D eigenvalue weighted by molar-refractivity contribution is 5.86. The molecule has 0 aliphatic heterocycles. The Morgan fingerprint density at radius 1 is 1.04 bits per heavy atom. The monoisotopic (exact) mass is 334 g/mol. The molecule has 0 bridgehead atoms. The van der Waals surface area contributed by atoms with Gasteiger partial charge in [0.25, 0.3) is 0 Å². The molecule has 0 aromatic carbocycles. The zero-order chi connectivity index (χ0) is 18.3. The average Bonchev–Trinajstić information content (AvgIpc) is 2.54. The Hall–Kier alpha value is -1.74. The Kier molecular flexibility index (Phi) is 15.5. The van der Waals surface area contributed by atoms with E-state index < -0.39 is 24.1 Å². The van der Waals surface area contributed by atoms with Gasteiger partial charge in [0.15, 0.2) is 0 Å². The number of rotatable bonds is 10. The van der Waals surface area contributed by atoms with E-state index in [2.05, 4.69) is 22.6 Å². The molecule has 8 nitrogen and oxygen atoms in total. The van der Waals surface area contributed by atoms with Crippen LogP contribution in [0.1, 0.15) is 19.8 Å². The third-order valence-corrected chi connectivity index (χ3v) is 2.32. The summed E-state index contributed by atoms with van der Waals surface area (Å²) in [5.74, 6) is -0.990. The maximum absolute atomic E-state index is 10.7. The number of aliphatic hydroxyl groups excluding tert-OH is 4. The van der Waals surface area contributed by atoms with Crippen LogP contribution < -0.4 is 0 Å². The van der Waals surface area contributed by atoms with Crippen molar-refractivity contribution >= 4 is 11.9 Å². The van der Waals surface area contributed by atoms with Gasteiger partial charge in [-0.3, -0.25) is 0 Å². The van der Waals surface area contributed by atoms with Gasteiger partial charge in [-0.15, -0.1) is 0 Å². The topological polar surface area (TPSA) is 134 Å². The first-order chi connectivity index (χ1) is 10.8. The molecule has 0 saturated carbocycles. The second-order valence-electron chi connectivity index (χ2n) is 4.54. The van der Waals surface area contributed by atoms with Crippen LogP contribution in [0, 0.1) is 0 Å². The molecule has 0 aliphatic rings. The quantitative estimate of drug-likeness (QED) is 0.305. The van der Waals surface area contributed by atoms with Crippen LogP contribution in [0.5, 0.6) is 0 Å². The number of esters is 2. The van der Waals surface area contributed by atoms with Gasteiger partial charge in [-0.05, 0) is 6.92 Å². The lowest BCUT2D eigenvalue weighted by Gasteiger charge is -2.07. The van der Waals surface area contributed by atoms with Crippen LogP contribution in [0.15, 0.2) is 24.8 Å². The van der Waals surface area contributed by atoms with Crippen molar-refractivity contribution in [2.45, 2.75) is 32.0 Å². The Balaban J connectivity index is 0. The molecule has 0 heterocycles. The first-order valence-corrected chi connectivity index (χ1v) is 6.98. The summed E-state index contributed by atoms with van der Waals surface area (Å²) in [6.07, 6.45) is -0.0905. The summed E-state index contributed by atoms with van der Waals surface area (Å²) in [5, 5.41) is 34.4. The maximum Gasteiger partial charge on any atom is 0.333 e. The van der Waals surface area contributed by atoms with Crippen molar-refractivity contribution < 1.29 is 39.5 Å². The maximum atomic E-state index is 10.7. The van der Waals surface area contributed by atoms with E-state index in [0.717, 1.165) is 6.08 Å². The Morgan fingerprint density at radius 3 is 1.83 bits per heavy atom. The standard InChI is InChI=1S/C8H14O4.C7H12O4/c1-6(2)8(11)12-4-3-7(10)5-9;1-2-7(10)11-4-3-6(9)5-8/h7,9-10H,1,3-5H2,2H3;2,6,8-9H,1,3-5H2. The van der Waals surface area contributed by atoms with E-state index in [0.29, 0.717) is 5.57 Å². The van der Waals surface area contributed by atoms with Gasteiger partial charge in [0.05, 0.1) is 38.6 Å². The Labute approximate surface area is 135 Å². The lowest BCUT2D eigenvalue weighted by Crippen LogP contribution is -2.16. The molecule has 0 fully saturated rings. The fourth-order valence-corrected chi connectivity index (χ4v) is 0.948. The summed E-state index contributed by atoms with van der Waals surface area (Å²) < 4.78 is 9.20. The zero-order valence-electron chi connectivity index (χ0n) is 13.3. The average molecular weight is 334 g/mol. The van der Waals surface area contributed by atoms with Crippen LogP contribution in [0.2, 0.25) is 0 Å². The summed E-state index contributed by atoms with van der Waals surface area (Å²) in [5.41, 5.74) is 0.327. The summed E-state index contributed by atoms with van der Waals surface area (Å²) in [6.45, 7) is 7.70. The van der Waals surface area contributed by atoms with E-state index in [9.17, 15) is 9.59 Å². The van der Waals surface area contributed by atoms with E-state index in [1.54, 1.807) is 6.92 Å². The van der Waals surface area contributed by atoms with Crippen molar-refractivity contribution in [2.24, 2.45) is 0 Å². The van der Waals surface area contributed by atoms with Crippen LogP contribution in [-0.4, -0.2) is 71.0 Å². The molecule has 0 aliphatic carbocycles. The number of carbonyl (C=O) groups excluding carboxylic acids is 2. The number of carbonyl (C=O) groups is 2. The van der Waals surface area contributed by atoms with E-state index in [4.69, 9.17) is 20.4 Å². The van der Waals surface area contributed by atoms with E-state index in [1.165, 1.54) is 0 Å². The van der Waals surface area contributed by atoms with E-state index >= 15 is 0 Å². The molecule has 4 N–H and O–H groups in total. The van der Waals surface area contributed by atoms with Crippen LogP contribution in [-0.2, 0) is 19.1 Å². The van der Waals surface area contributed by atoms with Crippen LogP contribution in [0.3, 0.4) is 0 Å². The third-order valence-electron chi connectivity index (χ3n) is 2.32. The SMILES string of the molecule is C=C(C)C(=O)OCCC(O)CO.C=CC(=O)OCCC(O)CO. The van der Waals surface area contributed by atoms with Crippen molar-refractivity contribution in [2.75, 3.05) is 26.4 Å². The minimum Gasteiger partial charge on any atom is -0.462 e. The molecule has 0 aromatic heterocycles. The van der Waals surface area contributed by atoms with Gasteiger partial charge >= 0.3 is 11.9 Å². The van der Waals surface area contributed by atoms with Crippen molar-refractivity contribution in [1.82, 2.24) is 0 Å². The molecule has 8 heteroatoms. The van der Waals surface area contributed by atoms with Crippen LogP contribution >= 0.6 is 0 Å². The minimum atomic E-state index is -0.817. The predicted octanol–water partition coefficient (Wildman–Crippen LogP) is -0.692. The fourth-order valence-electron chi connectivity index (χ4n) is 0.948. The summed E-state index contributed by atoms with van der Waals surface area (Å²) in [6, 6.07) is 0. The van der Waals surface area contributed by atoms with Crippen molar-refractivity contribution in [3.63, 3.8) is 0 Å². The second kappa shape index (κ2) is 15.2. The molecule has 2 atom stereocenters. The molecule has 0 spiro atoms. The minimum absolute atomic E-state index is 0.104. The molecular weight excluding hydrogens is 308 g/mol. The highest BCUT2D eigenvalue weighted by Crippen LogP contribution is 1.96. The molecule has 0 rings (SSSR count). The van der Waals surface area contributed by atoms with Gasteiger partial charge in [0, 0.05) is 24.5 Å². The van der Waals surface area contributed by atoms with E-state index in [-0.39, 0.29) is 39.3 Å². The van der Waals surface area contributed by atoms with E-state index in [1.807, 2.05) is 0 Å².